The normalized spacial score (nSPS) is 11.3. The van der Waals surface area contributed by atoms with Gasteiger partial charge in [0.15, 0.2) is 0 Å². The van der Waals surface area contributed by atoms with E-state index in [-0.39, 0.29) is 0 Å². The molecule has 0 aliphatic carbocycles. The first kappa shape index (κ1) is 17.0. The van der Waals surface area contributed by atoms with E-state index in [0.29, 0.717) is 0 Å². The maximum Gasteiger partial charge on any atom is 0.231 e. The first-order valence-electron chi connectivity index (χ1n) is 6.17. The highest BCUT2D eigenvalue weighted by atomic mass is 127. The van der Waals surface area contributed by atoms with Crippen molar-refractivity contribution < 1.29 is 21.7 Å². The lowest BCUT2D eigenvalue weighted by Gasteiger charge is -2.01. The predicted molar refractivity (Wildman–Crippen MR) is 89.8 cm³/mol. The molecule has 0 radical (unpaired) electrons. The zero-order chi connectivity index (χ0) is 16.3. The summed E-state index contributed by atoms with van der Waals surface area (Å²) in [5, 5.41) is 0. The summed E-state index contributed by atoms with van der Waals surface area (Å²) >= 11 is 2.31. The van der Waals surface area contributed by atoms with Crippen molar-refractivity contribution in [3.05, 3.63) is 46.0 Å². The van der Waals surface area contributed by atoms with Crippen LogP contribution in [-0.4, -0.2) is 25.1 Å². The van der Waals surface area contributed by atoms with E-state index in [4.69, 9.17) is 0 Å². The Labute approximate surface area is 141 Å². The lowest BCUT2D eigenvalue weighted by atomic mass is 10.2. The van der Waals surface area contributed by atoms with Gasteiger partial charge in [-0.05, 0) is 40.8 Å². The predicted octanol–water partition coefficient (Wildman–Crippen LogP) is 1.91. The van der Waals surface area contributed by atoms with Crippen molar-refractivity contribution in [3.63, 3.8) is 0 Å². The number of aromatic nitrogens is 2. The number of fused-ring (bicyclic) bond motifs is 2. The van der Waals surface area contributed by atoms with Gasteiger partial charge in [-0.25, -0.2) is 13.4 Å². The standard InChI is InChI=1S/C13H10IN2.CH4O4S/c1-16-12-5-3-2-4-10(12)15-11-8-9(14)6-7-13(11)16;1-5-6(2,3)4/h2-8H,1H3;1H3,(H,2,3,4)/q+1;/p-1. The minimum absolute atomic E-state index is 0.808. The molecule has 1 aromatic heterocycles. The summed E-state index contributed by atoms with van der Waals surface area (Å²) in [5.74, 6) is 0. The van der Waals surface area contributed by atoms with Crippen molar-refractivity contribution in [1.29, 1.82) is 0 Å². The second-order valence-electron chi connectivity index (χ2n) is 4.37. The summed E-state index contributed by atoms with van der Waals surface area (Å²) in [5.41, 5.74) is 4.42. The van der Waals surface area contributed by atoms with Gasteiger partial charge in [-0.2, -0.15) is 4.57 Å². The van der Waals surface area contributed by atoms with Crippen molar-refractivity contribution in [2.75, 3.05) is 7.11 Å². The molecule has 0 N–H and O–H groups in total. The van der Waals surface area contributed by atoms with Gasteiger partial charge >= 0.3 is 0 Å². The van der Waals surface area contributed by atoms with Gasteiger partial charge in [-0.1, -0.05) is 12.1 Å². The minimum atomic E-state index is -4.41. The van der Waals surface area contributed by atoms with Crippen LogP contribution in [0.5, 0.6) is 0 Å². The van der Waals surface area contributed by atoms with Gasteiger partial charge < -0.3 is 4.55 Å². The maximum absolute atomic E-state index is 9.22. The molecule has 3 aromatic rings. The summed E-state index contributed by atoms with van der Waals surface area (Å²) in [4.78, 5) is 4.67. The summed E-state index contributed by atoms with van der Waals surface area (Å²) in [6.45, 7) is 0. The Kier molecular flexibility index (Phi) is 5.27. The zero-order valence-corrected chi connectivity index (χ0v) is 14.8. The number of hydrogen-bond donors (Lipinski definition) is 0. The third-order valence-corrected chi connectivity index (χ3v) is 4.07. The monoisotopic (exact) mass is 432 g/mol. The van der Waals surface area contributed by atoms with Crippen LogP contribution >= 0.6 is 22.6 Å². The van der Waals surface area contributed by atoms with Crippen molar-refractivity contribution in [2.45, 2.75) is 0 Å². The molecule has 0 aliphatic rings. The Morgan fingerprint density at radius 3 is 2.36 bits per heavy atom. The van der Waals surface area contributed by atoms with Crippen LogP contribution in [0, 0.1) is 3.57 Å². The van der Waals surface area contributed by atoms with Crippen molar-refractivity contribution in [1.82, 2.24) is 4.98 Å². The number of hydrogen-bond acceptors (Lipinski definition) is 5. The zero-order valence-electron chi connectivity index (χ0n) is 11.9. The molecule has 0 saturated heterocycles. The third-order valence-electron chi connectivity index (χ3n) is 2.99. The van der Waals surface area contributed by atoms with Crippen LogP contribution < -0.4 is 4.57 Å². The van der Waals surface area contributed by atoms with Gasteiger partial charge in [0.1, 0.15) is 18.1 Å². The molecular weight excluding hydrogens is 419 g/mol. The Morgan fingerprint density at radius 2 is 1.73 bits per heavy atom. The molecule has 0 saturated carbocycles. The highest BCUT2D eigenvalue weighted by molar-refractivity contribution is 14.1. The second kappa shape index (κ2) is 6.82. The maximum atomic E-state index is 9.22. The molecule has 0 bridgehead atoms. The van der Waals surface area contributed by atoms with Crippen LogP contribution in [0.15, 0.2) is 42.5 Å². The molecule has 22 heavy (non-hydrogen) atoms. The van der Waals surface area contributed by atoms with Crippen LogP contribution in [-0.2, 0) is 21.6 Å². The van der Waals surface area contributed by atoms with Gasteiger partial charge in [0.25, 0.3) is 0 Å². The number of aryl methyl sites for hydroxylation is 1. The van der Waals surface area contributed by atoms with Crippen LogP contribution in [0.25, 0.3) is 22.1 Å². The number of benzene rings is 2. The minimum Gasteiger partial charge on any atom is -0.726 e. The molecule has 0 spiro atoms. The Bertz CT molecular complexity index is 929. The summed E-state index contributed by atoms with van der Waals surface area (Å²) in [6.07, 6.45) is 0. The van der Waals surface area contributed by atoms with Crippen LogP contribution in [0.2, 0.25) is 0 Å². The fraction of sp³-hybridized carbons (Fsp3) is 0.143. The molecule has 0 unspecified atom stereocenters. The Morgan fingerprint density at radius 1 is 1.14 bits per heavy atom. The molecule has 0 fully saturated rings. The molecule has 8 heteroatoms. The molecular formula is C14H13IN2O4S. The van der Waals surface area contributed by atoms with E-state index in [1.54, 1.807) is 0 Å². The molecule has 0 atom stereocenters. The lowest BCUT2D eigenvalue weighted by molar-refractivity contribution is -0.617. The van der Waals surface area contributed by atoms with E-state index < -0.39 is 10.4 Å². The first-order valence-corrected chi connectivity index (χ1v) is 8.58. The van der Waals surface area contributed by atoms with Crippen molar-refractivity contribution in [2.24, 2.45) is 7.05 Å². The fourth-order valence-corrected chi connectivity index (χ4v) is 2.45. The number of rotatable bonds is 1. The molecule has 116 valence electrons. The van der Waals surface area contributed by atoms with E-state index >= 15 is 0 Å². The largest absolute Gasteiger partial charge is 0.726 e. The molecule has 0 aliphatic heterocycles. The van der Waals surface area contributed by atoms with E-state index in [1.807, 2.05) is 12.1 Å². The summed E-state index contributed by atoms with van der Waals surface area (Å²) in [6, 6.07) is 14.6. The van der Waals surface area contributed by atoms with E-state index in [1.165, 1.54) is 9.09 Å². The third kappa shape index (κ3) is 4.09. The van der Waals surface area contributed by atoms with Gasteiger partial charge in [0, 0.05) is 15.7 Å². The van der Waals surface area contributed by atoms with Crippen LogP contribution in [0.3, 0.4) is 0 Å². The van der Waals surface area contributed by atoms with Gasteiger partial charge in [0.2, 0.25) is 21.4 Å². The van der Waals surface area contributed by atoms with E-state index in [9.17, 15) is 13.0 Å². The first-order chi connectivity index (χ1) is 10.3. The van der Waals surface area contributed by atoms with Gasteiger partial charge in [0.05, 0.1) is 7.11 Å². The SMILES string of the molecule is COS(=O)(=O)[O-].C[n+]1c2ccccc2nc2cc(I)ccc21. The average molecular weight is 432 g/mol. The molecule has 2 aromatic carbocycles. The quantitative estimate of drug-likeness (QED) is 0.193. The van der Waals surface area contributed by atoms with E-state index in [2.05, 4.69) is 73.7 Å². The van der Waals surface area contributed by atoms with Gasteiger partial charge in [-0.3, -0.25) is 4.18 Å². The highest BCUT2D eigenvalue weighted by Gasteiger charge is 2.11. The molecule has 3 rings (SSSR count). The Hall–Kier alpha value is -1.36. The number of para-hydroxylation sites is 2. The fourth-order valence-electron chi connectivity index (χ4n) is 1.97. The van der Waals surface area contributed by atoms with E-state index in [0.717, 1.165) is 23.7 Å². The van der Waals surface area contributed by atoms with Crippen LogP contribution in [0.4, 0.5) is 0 Å². The number of nitrogens with zero attached hydrogens (tertiary/aromatic N) is 2. The molecule has 1 heterocycles. The topological polar surface area (TPSA) is 83.2 Å². The van der Waals surface area contributed by atoms with Gasteiger partial charge in [-0.15, -0.1) is 0 Å². The van der Waals surface area contributed by atoms with Crippen molar-refractivity contribution in [3.8, 4) is 0 Å². The number of halogens is 1. The second-order valence-corrected chi connectivity index (χ2v) is 6.76. The van der Waals surface area contributed by atoms with Crippen molar-refractivity contribution >= 4 is 55.1 Å². The smallest absolute Gasteiger partial charge is 0.231 e. The molecule has 0 amide bonds. The highest BCUT2D eigenvalue weighted by Crippen LogP contribution is 2.16. The summed E-state index contributed by atoms with van der Waals surface area (Å²) in [7, 11) is -1.52. The van der Waals surface area contributed by atoms with Crippen LogP contribution in [0.1, 0.15) is 0 Å². The average Bonchev–Trinajstić information content (AvgIpc) is 2.47. The lowest BCUT2D eigenvalue weighted by Crippen LogP contribution is -2.30. The summed E-state index contributed by atoms with van der Waals surface area (Å²) < 4.78 is 34.4. The molecule has 6 nitrogen and oxygen atoms in total. The Balaban J connectivity index is 0.000000254.